The highest BCUT2D eigenvalue weighted by atomic mass is 35.5. The molecule has 0 aliphatic carbocycles. The molecule has 0 N–H and O–H groups in total. The van der Waals surface area contributed by atoms with Gasteiger partial charge in [-0.3, -0.25) is 0 Å². The van der Waals surface area contributed by atoms with E-state index in [-0.39, 0.29) is 0 Å². The maximum absolute atomic E-state index is 5.66. The van der Waals surface area contributed by atoms with Crippen LogP contribution in [0.2, 0.25) is 0 Å². The van der Waals surface area contributed by atoms with Gasteiger partial charge in [-0.25, -0.2) is 4.68 Å². The summed E-state index contributed by atoms with van der Waals surface area (Å²) in [5.74, 6) is 1.70. The first-order chi connectivity index (χ1) is 10.3. The van der Waals surface area contributed by atoms with Crippen LogP contribution in [0.25, 0.3) is 11.4 Å². The van der Waals surface area contributed by atoms with Crippen molar-refractivity contribution in [2.24, 2.45) is 0 Å². The van der Waals surface area contributed by atoms with Crippen LogP contribution in [0, 0.1) is 0 Å². The number of halogens is 1. The third-order valence-electron chi connectivity index (χ3n) is 2.95. The van der Waals surface area contributed by atoms with Gasteiger partial charge in [-0.15, -0.1) is 16.7 Å². The minimum atomic E-state index is 0.410. The molecule has 0 aliphatic rings. The summed E-state index contributed by atoms with van der Waals surface area (Å²) in [6.45, 7) is 0.410. The van der Waals surface area contributed by atoms with Crippen LogP contribution in [-0.4, -0.2) is 31.0 Å². The smallest absolute Gasteiger partial charge is 0.248 e. The summed E-state index contributed by atoms with van der Waals surface area (Å²) in [4.78, 5) is 4.36. The van der Waals surface area contributed by atoms with Crippen LogP contribution < -0.4 is 0 Å². The molecular weight excluding hydrogens is 290 g/mol. The van der Waals surface area contributed by atoms with Crippen molar-refractivity contribution in [3.05, 3.63) is 48.1 Å². The van der Waals surface area contributed by atoms with Crippen LogP contribution in [0.4, 0.5) is 0 Å². The van der Waals surface area contributed by atoms with Gasteiger partial charge in [0.1, 0.15) is 6.54 Å². The number of aromatic nitrogens is 5. The largest absolute Gasteiger partial charge is 0.337 e. The SMILES string of the molecule is ClCCCc1cn(Cc2nc(-c3ccccc3)no2)nn1. The molecule has 6 nitrogen and oxygen atoms in total. The molecule has 0 fully saturated rings. The van der Waals surface area contributed by atoms with E-state index in [1.165, 1.54) is 0 Å². The van der Waals surface area contributed by atoms with Crippen molar-refractivity contribution in [2.45, 2.75) is 19.4 Å². The van der Waals surface area contributed by atoms with Gasteiger partial charge in [-0.05, 0) is 12.8 Å². The second-order valence-corrected chi connectivity index (χ2v) is 4.96. The fraction of sp³-hybridized carbons (Fsp3) is 0.286. The lowest BCUT2D eigenvalue weighted by atomic mass is 10.2. The molecule has 0 atom stereocenters. The molecule has 3 rings (SSSR count). The summed E-state index contributed by atoms with van der Waals surface area (Å²) in [5.41, 5.74) is 1.84. The topological polar surface area (TPSA) is 69.6 Å². The van der Waals surface area contributed by atoms with Crippen molar-refractivity contribution >= 4 is 11.6 Å². The highest BCUT2D eigenvalue weighted by Gasteiger charge is 2.10. The molecule has 0 spiro atoms. The van der Waals surface area contributed by atoms with Gasteiger partial charge >= 0.3 is 0 Å². The summed E-state index contributed by atoms with van der Waals surface area (Å²) >= 11 is 5.66. The Labute approximate surface area is 126 Å². The maximum Gasteiger partial charge on any atom is 0.248 e. The fourth-order valence-corrected chi connectivity index (χ4v) is 2.07. The zero-order valence-corrected chi connectivity index (χ0v) is 12.1. The van der Waals surface area contributed by atoms with Gasteiger partial charge in [-0.1, -0.05) is 40.7 Å². The first-order valence-electron chi connectivity index (χ1n) is 6.68. The zero-order valence-electron chi connectivity index (χ0n) is 11.3. The molecule has 2 heterocycles. The number of benzene rings is 1. The number of aryl methyl sites for hydroxylation is 1. The quantitative estimate of drug-likeness (QED) is 0.655. The summed E-state index contributed by atoms with van der Waals surface area (Å²) in [7, 11) is 0. The molecule has 0 saturated carbocycles. The summed E-state index contributed by atoms with van der Waals surface area (Å²) in [6.07, 6.45) is 3.58. The Balaban J connectivity index is 1.68. The van der Waals surface area contributed by atoms with E-state index < -0.39 is 0 Å². The van der Waals surface area contributed by atoms with E-state index in [2.05, 4.69) is 20.5 Å². The Morgan fingerprint density at radius 1 is 1.19 bits per heavy atom. The molecule has 0 bridgehead atoms. The number of hydrogen-bond donors (Lipinski definition) is 0. The zero-order chi connectivity index (χ0) is 14.5. The van der Waals surface area contributed by atoms with Gasteiger partial charge in [0.2, 0.25) is 11.7 Å². The van der Waals surface area contributed by atoms with Crippen molar-refractivity contribution in [1.29, 1.82) is 0 Å². The Hall–Kier alpha value is -2.21. The van der Waals surface area contributed by atoms with Crippen LogP contribution in [-0.2, 0) is 13.0 Å². The lowest BCUT2D eigenvalue weighted by Gasteiger charge is -1.93. The van der Waals surface area contributed by atoms with Gasteiger partial charge in [0.15, 0.2) is 0 Å². The van der Waals surface area contributed by atoms with E-state index in [0.29, 0.717) is 24.1 Å². The lowest BCUT2D eigenvalue weighted by Crippen LogP contribution is -2.00. The molecular formula is C14H14ClN5O. The van der Waals surface area contributed by atoms with E-state index in [4.69, 9.17) is 16.1 Å². The molecule has 0 unspecified atom stereocenters. The van der Waals surface area contributed by atoms with Gasteiger partial charge < -0.3 is 4.52 Å². The Kier molecular flexibility index (Phi) is 4.25. The second kappa shape index (κ2) is 6.49. The van der Waals surface area contributed by atoms with Crippen molar-refractivity contribution in [3.8, 4) is 11.4 Å². The van der Waals surface area contributed by atoms with Gasteiger partial charge in [-0.2, -0.15) is 4.98 Å². The first-order valence-corrected chi connectivity index (χ1v) is 7.21. The predicted octanol–water partition coefficient (Wildman–Crippen LogP) is 2.55. The van der Waals surface area contributed by atoms with E-state index in [9.17, 15) is 0 Å². The Morgan fingerprint density at radius 2 is 2.05 bits per heavy atom. The molecule has 108 valence electrons. The molecule has 3 aromatic rings. The summed E-state index contributed by atoms with van der Waals surface area (Å²) < 4.78 is 6.93. The number of rotatable bonds is 6. The molecule has 21 heavy (non-hydrogen) atoms. The summed E-state index contributed by atoms with van der Waals surface area (Å²) in [6, 6.07) is 9.70. The second-order valence-electron chi connectivity index (χ2n) is 4.58. The van der Waals surface area contributed by atoms with Gasteiger partial charge in [0.05, 0.1) is 5.69 Å². The minimum absolute atomic E-state index is 0.410. The van der Waals surface area contributed by atoms with Crippen molar-refractivity contribution < 1.29 is 4.52 Å². The normalized spacial score (nSPS) is 10.9. The van der Waals surface area contributed by atoms with Crippen LogP contribution >= 0.6 is 11.6 Å². The average Bonchev–Trinajstić information content (AvgIpc) is 3.16. The molecule has 0 radical (unpaired) electrons. The van der Waals surface area contributed by atoms with Crippen molar-refractivity contribution in [3.63, 3.8) is 0 Å². The average molecular weight is 304 g/mol. The van der Waals surface area contributed by atoms with Crippen LogP contribution in [0.3, 0.4) is 0 Å². The Bertz CT molecular complexity index is 694. The molecule has 7 heteroatoms. The molecule has 0 saturated heterocycles. The van der Waals surface area contributed by atoms with Gasteiger partial charge in [0.25, 0.3) is 0 Å². The highest BCUT2D eigenvalue weighted by molar-refractivity contribution is 6.17. The molecule has 0 amide bonds. The van der Waals surface area contributed by atoms with E-state index in [1.54, 1.807) is 4.68 Å². The third-order valence-corrected chi connectivity index (χ3v) is 3.22. The number of alkyl halides is 1. The van der Waals surface area contributed by atoms with E-state index in [0.717, 1.165) is 24.1 Å². The lowest BCUT2D eigenvalue weighted by molar-refractivity contribution is 0.364. The van der Waals surface area contributed by atoms with E-state index >= 15 is 0 Å². The van der Waals surface area contributed by atoms with Crippen LogP contribution in [0.5, 0.6) is 0 Å². The number of nitrogens with zero attached hydrogens (tertiary/aromatic N) is 5. The Morgan fingerprint density at radius 3 is 2.86 bits per heavy atom. The summed E-state index contributed by atoms with van der Waals surface area (Å²) in [5, 5.41) is 12.1. The van der Waals surface area contributed by atoms with E-state index in [1.807, 2.05) is 36.5 Å². The highest BCUT2D eigenvalue weighted by Crippen LogP contribution is 2.15. The monoisotopic (exact) mass is 303 g/mol. The fourth-order valence-electron chi connectivity index (χ4n) is 1.94. The first kappa shape index (κ1) is 13.8. The van der Waals surface area contributed by atoms with Crippen LogP contribution in [0.15, 0.2) is 41.1 Å². The molecule has 0 aliphatic heterocycles. The van der Waals surface area contributed by atoms with Gasteiger partial charge in [0, 0.05) is 17.6 Å². The number of hydrogen-bond acceptors (Lipinski definition) is 5. The molecule has 2 aromatic heterocycles. The third kappa shape index (κ3) is 3.46. The van der Waals surface area contributed by atoms with Crippen molar-refractivity contribution in [2.75, 3.05) is 5.88 Å². The van der Waals surface area contributed by atoms with Crippen LogP contribution in [0.1, 0.15) is 18.0 Å². The maximum atomic E-state index is 5.66. The molecule has 1 aromatic carbocycles. The standard InChI is InChI=1S/C14H14ClN5O/c15-8-4-7-12-9-20(19-17-12)10-13-16-14(18-21-13)11-5-2-1-3-6-11/h1-3,5-6,9H,4,7-8,10H2. The van der Waals surface area contributed by atoms with Crippen molar-refractivity contribution in [1.82, 2.24) is 25.1 Å². The minimum Gasteiger partial charge on any atom is -0.337 e. The predicted molar refractivity (Wildman–Crippen MR) is 77.9 cm³/mol.